The van der Waals surface area contributed by atoms with Crippen molar-refractivity contribution >= 4 is 17.4 Å². The van der Waals surface area contributed by atoms with Crippen LogP contribution in [0.4, 0.5) is 10.5 Å². The SMILES string of the molecule is C=C(C)c1c2c(c(C)c(C)c1NC(=O)OC)-c1c(C)c(C)c(C)c(C)c1OC2. The summed E-state index contributed by atoms with van der Waals surface area (Å²) in [6.07, 6.45) is -0.486. The van der Waals surface area contributed by atoms with Gasteiger partial charge in [-0.05, 0) is 93.0 Å². The number of fused-ring (bicyclic) bond motifs is 3. The number of hydrogen-bond donors (Lipinski definition) is 1. The molecule has 4 nitrogen and oxygen atoms in total. The summed E-state index contributed by atoms with van der Waals surface area (Å²) in [5.74, 6) is 0.969. The summed E-state index contributed by atoms with van der Waals surface area (Å²) in [7, 11) is 1.37. The van der Waals surface area contributed by atoms with Crippen LogP contribution in [0.25, 0.3) is 16.7 Å². The van der Waals surface area contributed by atoms with Crippen molar-refractivity contribution in [1.29, 1.82) is 0 Å². The van der Waals surface area contributed by atoms with Crippen LogP contribution >= 0.6 is 0 Å². The van der Waals surface area contributed by atoms with E-state index < -0.39 is 6.09 Å². The minimum absolute atomic E-state index is 0.449. The number of allylic oxidation sites excluding steroid dienone is 1. The molecule has 3 rings (SSSR count). The molecule has 2 aromatic rings. The van der Waals surface area contributed by atoms with Crippen LogP contribution in [0.3, 0.4) is 0 Å². The maximum absolute atomic E-state index is 12.0. The maximum atomic E-state index is 12.0. The molecular formula is C24H29NO3. The summed E-state index contributed by atoms with van der Waals surface area (Å²) in [6.45, 7) is 19.3. The van der Waals surface area contributed by atoms with Crippen LogP contribution in [-0.4, -0.2) is 13.2 Å². The molecule has 0 aromatic heterocycles. The van der Waals surface area contributed by atoms with Gasteiger partial charge in [-0.1, -0.05) is 6.58 Å². The van der Waals surface area contributed by atoms with Crippen molar-refractivity contribution in [2.45, 2.75) is 55.1 Å². The molecule has 0 bridgehead atoms. The van der Waals surface area contributed by atoms with Crippen molar-refractivity contribution in [2.24, 2.45) is 0 Å². The van der Waals surface area contributed by atoms with E-state index in [1.165, 1.54) is 34.9 Å². The molecule has 0 saturated heterocycles. The Hall–Kier alpha value is -2.75. The fourth-order valence-corrected chi connectivity index (χ4v) is 4.23. The number of hydrogen-bond acceptors (Lipinski definition) is 3. The van der Waals surface area contributed by atoms with Gasteiger partial charge in [-0.2, -0.15) is 0 Å². The average Bonchev–Trinajstić information content (AvgIpc) is 2.67. The van der Waals surface area contributed by atoms with Crippen molar-refractivity contribution in [3.05, 3.63) is 51.1 Å². The number of nitrogens with one attached hydrogen (secondary N) is 1. The number of anilines is 1. The quantitative estimate of drug-likeness (QED) is 0.665. The van der Waals surface area contributed by atoms with Crippen LogP contribution in [0.2, 0.25) is 0 Å². The number of rotatable bonds is 2. The molecule has 1 aliphatic heterocycles. The molecule has 0 spiro atoms. The number of methoxy groups -OCH3 is 1. The Kier molecular flexibility index (Phi) is 5.00. The summed E-state index contributed by atoms with van der Waals surface area (Å²) in [4.78, 5) is 12.0. The van der Waals surface area contributed by atoms with Crippen LogP contribution in [0.1, 0.15) is 51.4 Å². The molecular weight excluding hydrogens is 350 g/mol. The van der Waals surface area contributed by atoms with Crippen molar-refractivity contribution in [1.82, 2.24) is 0 Å². The molecule has 0 aliphatic carbocycles. The Bertz CT molecular complexity index is 1030. The van der Waals surface area contributed by atoms with Gasteiger partial charge in [0.15, 0.2) is 0 Å². The van der Waals surface area contributed by atoms with Crippen LogP contribution in [0, 0.1) is 41.5 Å². The second-order valence-corrected chi connectivity index (χ2v) is 7.74. The second-order valence-electron chi connectivity index (χ2n) is 7.74. The van der Waals surface area contributed by atoms with Gasteiger partial charge in [0.05, 0.1) is 12.8 Å². The lowest BCUT2D eigenvalue weighted by atomic mass is 9.80. The summed E-state index contributed by atoms with van der Waals surface area (Å²) in [6, 6.07) is 0. The molecule has 1 aliphatic rings. The van der Waals surface area contributed by atoms with Gasteiger partial charge in [0.2, 0.25) is 0 Å². The largest absolute Gasteiger partial charge is 0.488 e. The Balaban J connectivity index is 2.45. The fraction of sp³-hybridized carbons (Fsp3) is 0.375. The molecule has 1 amide bonds. The molecule has 0 radical (unpaired) electrons. The Morgan fingerprint density at radius 2 is 1.50 bits per heavy atom. The highest BCUT2D eigenvalue weighted by molar-refractivity contribution is 5.97. The number of benzene rings is 2. The van der Waals surface area contributed by atoms with Crippen LogP contribution in [0.15, 0.2) is 6.58 Å². The molecule has 4 heteroatoms. The number of amides is 1. The molecule has 0 unspecified atom stereocenters. The van der Waals surface area contributed by atoms with E-state index in [-0.39, 0.29) is 0 Å². The summed E-state index contributed by atoms with van der Waals surface area (Å²) in [5.41, 5.74) is 13.2. The summed E-state index contributed by atoms with van der Waals surface area (Å²) < 4.78 is 11.1. The molecule has 28 heavy (non-hydrogen) atoms. The van der Waals surface area contributed by atoms with Crippen LogP contribution in [-0.2, 0) is 11.3 Å². The third-order valence-electron chi connectivity index (χ3n) is 6.25. The molecule has 0 atom stereocenters. The van der Waals surface area contributed by atoms with E-state index in [1.807, 2.05) is 13.8 Å². The molecule has 1 heterocycles. The van der Waals surface area contributed by atoms with Gasteiger partial charge in [0, 0.05) is 16.7 Å². The first-order valence-electron chi connectivity index (χ1n) is 9.52. The van der Waals surface area contributed by atoms with Gasteiger partial charge in [0.1, 0.15) is 12.4 Å². The Labute approximate surface area is 167 Å². The zero-order valence-electron chi connectivity index (χ0n) is 18.1. The van der Waals surface area contributed by atoms with Gasteiger partial charge in [-0.15, -0.1) is 0 Å². The lowest BCUT2D eigenvalue weighted by molar-refractivity contribution is 0.187. The monoisotopic (exact) mass is 379 g/mol. The topological polar surface area (TPSA) is 47.6 Å². The molecule has 2 aromatic carbocycles. The van der Waals surface area contributed by atoms with Crippen molar-refractivity contribution in [3.8, 4) is 16.9 Å². The highest BCUT2D eigenvalue weighted by Crippen LogP contribution is 2.50. The first-order valence-corrected chi connectivity index (χ1v) is 9.52. The van der Waals surface area contributed by atoms with E-state index in [2.05, 4.69) is 46.5 Å². The zero-order valence-corrected chi connectivity index (χ0v) is 18.1. The van der Waals surface area contributed by atoms with E-state index in [0.29, 0.717) is 6.61 Å². The number of carbonyl (C=O) groups excluding carboxylic acids is 1. The third kappa shape index (κ3) is 2.79. The summed E-state index contributed by atoms with van der Waals surface area (Å²) >= 11 is 0. The van der Waals surface area contributed by atoms with E-state index in [1.54, 1.807) is 0 Å². The smallest absolute Gasteiger partial charge is 0.411 e. The lowest BCUT2D eigenvalue weighted by Gasteiger charge is -2.32. The van der Waals surface area contributed by atoms with Gasteiger partial charge >= 0.3 is 6.09 Å². The van der Waals surface area contributed by atoms with Crippen molar-refractivity contribution in [2.75, 3.05) is 12.4 Å². The maximum Gasteiger partial charge on any atom is 0.411 e. The first-order chi connectivity index (χ1) is 13.1. The van der Waals surface area contributed by atoms with Gasteiger partial charge in [-0.3, -0.25) is 5.32 Å². The average molecular weight is 380 g/mol. The van der Waals surface area contributed by atoms with Crippen LogP contribution < -0.4 is 10.1 Å². The predicted molar refractivity (Wildman–Crippen MR) is 115 cm³/mol. The lowest BCUT2D eigenvalue weighted by Crippen LogP contribution is -2.19. The van der Waals surface area contributed by atoms with E-state index in [0.717, 1.165) is 44.8 Å². The van der Waals surface area contributed by atoms with Crippen molar-refractivity contribution < 1.29 is 14.3 Å². The second kappa shape index (κ2) is 7.01. The van der Waals surface area contributed by atoms with E-state index >= 15 is 0 Å². The van der Waals surface area contributed by atoms with Gasteiger partial charge < -0.3 is 9.47 Å². The minimum Gasteiger partial charge on any atom is -0.488 e. The van der Waals surface area contributed by atoms with Gasteiger partial charge in [0.25, 0.3) is 0 Å². The zero-order chi connectivity index (χ0) is 20.9. The fourth-order valence-electron chi connectivity index (χ4n) is 4.23. The molecule has 0 saturated carbocycles. The minimum atomic E-state index is -0.486. The normalized spacial score (nSPS) is 12.0. The Morgan fingerprint density at radius 1 is 0.929 bits per heavy atom. The first kappa shape index (κ1) is 20.0. The standard InChI is InChI=1S/C24H29NO3/c1-11(2)19-18-10-28-23-17(8)13(4)12(3)14(5)21(23)20(18)15(6)16(7)22(19)25-24(26)27-9/h1,10H2,2-9H3,(H,25,26). The summed E-state index contributed by atoms with van der Waals surface area (Å²) in [5, 5.41) is 2.89. The van der Waals surface area contributed by atoms with Crippen molar-refractivity contribution in [3.63, 3.8) is 0 Å². The van der Waals surface area contributed by atoms with E-state index in [4.69, 9.17) is 9.47 Å². The molecule has 0 fully saturated rings. The Morgan fingerprint density at radius 3 is 2.07 bits per heavy atom. The van der Waals surface area contributed by atoms with Gasteiger partial charge in [-0.25, -0.2) is 4.79 Å². The number of carbonyl (C=O) groups is 1. The highest BCUT2D eigenvalue weighted by Gasteiger charge is 2.30. The van der Waals surface area contributed by atoms with Crippen LogP contribution in [0.5, 0.6) is 5.75 Å². The molecule has 1 N–H and O–H groups in total. The predicted octanol–water partition coefficient (Wildman–Crippen LogP) is 6.31. The number of ether oxygens (including phenoxy) is 2. The third-order valence-corrected chi connectivity index (χ3v) is 6.25. The highest BCUT2D eigenvalue weighted by atomic mass is 16.5. The van der Waals surface area contributed by atoms with E-state index in [9.17, 15) is 4.79 Å². The molecule has 148 valence electrons.